The number of nitrogens with zero attached hydrogens (tertiary/aromatic N) is 2. The van der Waals surface area contributed by atoms with Crippen LogP contribution in [0.25, 0.3) is 0 Å². The van der Waals surface area contributed by atoms with Crippen molar-refractivity contribution >= 4 is 29.2 Å². The highest BCUT2D eigenvalue weighted by Crippen LogP contribution is 2.40. The lowest BCUT2D eigenvalue weighted by molar-refractivity contribution is -0.385. The van der Waals surface area contributed by atoms with Gasteiger partial charge in [-0.1, -0.05) is 17.7 Å². The number of alkyl halides is 3. The molecule has 0 aliphatic carbocycles. The summed E-state index contributed by atoms with van der Waals surface area (Å²) in [6.07, 6.45) is -3.16. The second-order valence-electron chi connectivity index (χ2n) is 6.64. The minimum atomic E-state index is -4.72. The molecule has 0 unspecified atom stereocenters. The molecule has 166 valence electrons. The quantitative estimate of drug-likeness (QED) is 0.221. The summed E-state index contributed by atoms with van der Waals surface area (Å²) in [4.78, 5) is 14.7. The molecule has 0 amide bonds. The Balaban J connectivity index is 1.89. The van der Waals surface area contributed by atoms with E-state index in [4.69, 9.17) is 21.1 Å². The van der Waals surface area contributed by atoms with Gasteiger partial charge >= 0.3 is 11.9 Å². The van der Waals surface area contributed by atoms with Gasteiger partial charge in [0.05, 0.1) is 23.3 Å². The summed E-state index contributed by atoms with van der Waals surface area (Å²) >= 11 is 6.09. The van der Waals surface area contributed by atoms with Crippen LogP contribution < -0.4 is 9.47 Å². The number of halogens is 4. The Morgan fingerprint density at radius 2 is 1.75 bits per heavy atom. The minimum absolute atomic E-state index is 0.0888. The lowest BCUT2D eigenvalue weighted by atomic mass is 10.1. The van der Waals surface area contributed by atoms with Gasteiger partial charge in [-0.3, -0.25) is 15.1 Å². The van der Waals surface area contributed by atoms with E-state index in [-0.39, 0.29) is 17.2 Å². The molecular weight excluding hydrogens is 449 g/mol. The van der Waals surface area contributed by atoms with Crippen molar-refractivity contribution in [1.82, 2.24) is 0 Å². The van der Waals surface area contributed by atoms with Gasteiger partial charge < -0.3 is 9.47 Å². The number of rotatable bonds is 6. The van der Waals surface area contributed by atoms with E-state index in [0.29, 0.717) is 28.4 Å². The molecule has 0 atom stereocenters. The highest BCUT2D eigenvalue weighted by atomic mass is 35.5. The Hall–Kier alpha value is -3.59. The fourth-order valence-electron chi connectivity index (χ4n) is 2.70. The van der Waals surface area contributed by atoms with E-state index in [1.807, 2.05) is 13.0 Å². The van der Waals surface area contributed by atoms with Crippen LogP contribution in [0.4, 0.5) is 24.5 Å². The minimum Gasteiger partial charge on any atom is -0.493 e. The van der Waals surface area contributed by atoms with Gasteiger partial charge in [0, 0.05) is 17.3 Å². The van der Waals surface area contributed by atoms with E-state index >= 15 is 0 Å². The van der Waals surface area contributed by atoms with Gasteiger partial charge in [0.2, 0.25) is 5.75 Å². The molecule has 0 saturated carbocycles. The first-order chi connectivity index (χ1) is 15.1. The van der Waals surface area contributed by atoms with Gasteiger partial charge in [-0.05, 0) is 60.5 Å². The maximum absolute atomic E-state index is 12.9. The molecule has 0 spiro atoms. The van der Waals surface area contributed by atoms with E-state index in [0.717, 1.165) is 11.6 Å². The van der Waals surface area contributed by atoms with E-state index in [1.54, 1.807) is 30.5 Å². The number of methoxy groups -OCH3 is 1. The van der Waals surface area contributed by atoms with Crippen LogP contribution in [0.15, 0.2) is 59.6 Å². The van der Waals surface area contributed by atoms with Gasteiger partial charge in [0.1, 0.15) is 0 Å². The van der Waals surface area contributed by atoms with Gasteiger partial charge in [0.15, 0.2) is 11.5 Å². The van der Waals surface area contributed by atoms with Crippen LogP contribution in [0.5, 0.6) is 17.2 Å². The molecule has 0 saturated heterocycles. The monoisotopic (exact) mass is 464 g/mol. The summed E-state index contributed by atoms with van der Waals surface area (Å²) < 4.78 is 49.4. The van der Waals surface area contributed by atoms with Crippen molar-refractivity contribution in [3.63, 3.8) is 0 Å². The van der Waals surface area contributed by atoms with Crippen molar-refractivity contribution in [2.75, 3.05) is 7.11 Å². The normalized spacial score (nSPS) is 11.6. The molecule has 0 bridgehead atoms. The number of nitro groups is 1. The molecule has 0 heterocycles. The fraction of sp³-hybridized carbons (Fsp3) is 0.136. The lowest BCUT2D eigenvalue weighted by Crippen LogP contribution is -2.06. The summed E-state index contributed by atoms with van der Waals surface area (Å²) in [7, 11) is 1.37. The van der Waals surface area contributed by atoms with Gasteiger partial charge in [-0.15, -0.1) is 0 Å². The third-order valence-electron chi connectivity index (χ3n) is 4.41. The van der Waals surface area contributed by atoms with Gasteiger partial charge in [0.25, 0.3) is 0 Å². The smallest absolute Gasteiger partial charge is 0.416 e. The number of ether oxygens (including phenoxy) is 2. The van der Waals surface area contributed by atoms with Crippen LogP contribution in [0.3, 0.4) is 0 Å². The van der Waals surface area contributed by atoms with Crippen LogP contribution >= 0.6 is 11.6 Å². The van der Waals surface area contributed by atoms with Crippen molar-refractivity contribution in [2.24, 2.45) is 4.99 Å². The molecule has 6 nitrogen and oxygen atoms in total. The zero-order chi connectivity index (χ0) is 23.5. The van der Waals surface area contributed by atoms with Crippen molar-refractivity contribution in [3.8, 4) is 17.2 Å². The van der Waals surface area contributed by atoms with Crippen molar-refractivity contribution < 1.29 is 27.6 Å². The molecule has 0 aromatic heterocycles. The first-order valence-corrected chi connectivity index (χ1v) is 9.48. The van der Waals surface area contributed by atoms with Crippen LogP contribution in [-0.2, 0) is 6.18 Å². The lowest BCUT2D eigenvalue weighted by Gasteiger charge is -2.12. The van der Waals surface area contributed by atoms with Gasteiger partial charge in [-0.2, -0.15) is 13.2 Å². The fourth-order valence-corrected chi connectivity index (χ4v) is 2.88. The van der Waals surface area contributed by atoms with E-state index in [2.05, 4.69) is 4.99 Å². The van der Waals surface area contributed by atoms with Crippen LogP contribution in [0.2, 0.25) is 5.02 Å². The second kappa shape index (κ2) is 9.27. The van der Waals surface area contributed by atoms with E-state index < -0.39 is 22.4 Å². The number of hydrogen-bond acceptors (Lipinski definition) is 5. The molecule has 0 aliphatic heterocycles. The zero-order valence-corrected chi connectivity index (χ0v) is 17.6. The first-order valence-electron chi connectivity index (χ1n) is 9.10. The standard InChI is InChI=1S/C22H16ClF3N2O4/c1-13-3-6-16(11-17(13)23)27-12-14-4-7-20(21(9-14)31-2)32-19-8-5-15(22(24,25)26)10-18(19)28(29)30/h3-12H,1-2H3. The maximum atomic E-state index is 12.9. The summed E-state index contributed by atoms with van der Waals surface area (Å²) in [6, 6.07) is 12.1. The topological polar surface area (TPSA) is 74.0 Å². The van der Waals surface area contributed by atoms with E-state index in [9.17, 15) is 23.3 Å². The average Bonchev–Trinajstić information content (AvgIpc) is 2.74. The molecule has 3 aromatic carbocycles. The van der Waals surface area contributed by atoms with Crippen LogP contribution in [-0.4, -0.2) is 18.2 Å². The maximum Gasteiger partial charge on any atom is 0.416 e. The Labute approximate surface area is 186 Å². The molecule has 0 aliphatic rings. The molecule has 3 rings (SSSR count). The predicted molar refractivity (Wildman–Crippen MR) is 115 cm³/mol. The largest absolute Gasteiger partial charge is 0.493 e. The van der Waals surface area contributed by atoms with Crippen molar-refractivity contribution in [3.05, 3.63) is 86.4 Å². The molecule has 0 fully saturated rings. The number of aryl methyl sites for hydroxylation is 1. The van der Waals surface area contributed by atoms with Crippen molar-refractivity contribution in [1.29, 1.82) is 0 Å². The summed E-state index contributed by atoms with van der Waals surface area (Å²) in [5.41, 5.74) is 0.231. The Morgan fingerprint density at radius 1 is 1.03 bits per heavy atom. The molecule has 0 N–H and O–H groups in total. The number of benzene rings is 3. The molecule has 3 aromatic rings. The number of aliphatic imine (C=N–C) groups is 1. The molecule has 32 heavy (non-hydrogen) atoms. The highest BCUT2D eigenvalue weighted by molar-refractivity contribution is 6.31. The SMILES string of the molecule is COc1cc(C=Nc2ccc(C)c(Cl)c2)ccc1Oc1ccc(C(F)(F)F)cc1[N+](=O)[O-]. The molecular formula is C22H16ClF3N2O4. The van der Waals surface area contributed by atoms with E-state index in [1.165, 1.54) is 13.2 Å². The van der Waals surface area contributed by atoms with Gasteiger partial charge in [-0.25, -0.2) is 0 Å². The number of nitro benzene ring substituents is 1. The predicted octanol–water partition coefficient (Wildman–Crippen LogP) is 7.13. The number of hydrogen-bond donors (Lipinski definition) is 0. The van der Waals surface area contributed by atoms with Crippen LogP contribution in [0.1, 0.15) is 16.7 Å². The third kappa shape index (κ3) is 5.36. The summed E-state index contributed by atoms with van der Waals surface area (Å²) in [6.45, 7) is 1.88. The third-order valence-corrected chi connectivity index (χ3v) is 4.82. The second-order valence-corrected chi connectivity index (χ2v) is 7.05. The summed E-state index contributed by atoms with van der Waals surface area (Å²) in [5, 5.41) is 11.8. The average molecular weight is 465 g/mol. The Morgan fingerprint density at radius 3 is 2.38 bits per heavy atom. The Kier molecular flexibility index (Phi) is 6.69. The highest BCUT2D eigenvalue weighted by Gasteiger charge is 2.33. The van der Waals surface area contributed by atoms with Crippen molar-refractivity contribution in [2.45, 2.75) is 13.1 Å². The zero-order valence-electron chi connectivity index (χ0n) is 16.8. The summed E-state index contributed by atoms with van der Waals surface area (Å²) in [5.74, 6) is -0.0482. The van der Waals surface area contributed by atoms with Crippen LogP contribution in [0, 0.1) is 17.0 Å². The molecule has 0 radical (unpaired) electrons. The Bertz CT molecular complexity index is 1200. The first kappa shape index (κ1) is 23.1. The molecule has 10 heteroatoms.